The van der Waals surface area contributed by atoms with Crippen molar-refractivity contribution >= 4 is 0 Å². The van der Waals surface area contributed by atoms with Crippen molar-refractivity contribution in [2.24, 2.45) is 0 Å². The zero-order chi connectivity index (χ0) is 10.1. The molecule has 0 radical (unpaired) electrons. The Balaban J connectivity index is 1.59. The van der Waals surface area contributed by atoms with Crippen LogP contribution in [0.2, 0.25) is 0 Å². The Morgan fingerprint density at radius 2 is 2.20 bits per heavy atom. The van der Waals surface area contributed by atoms with Gasteiger partial charge < -0.3 is 10.1 Å². The third-order valence-electron chi connectivity index (χ3n) is 4.21. The van der Waals surface area contributed by atoms with Crippen LogP contribution in [-0.4, -0.2) is 49.3 Å². The van der Waals surface area contributed by atoms with Gasteiger partial charge in [0, 0.05) is 25.2 Å². The molecule has 0 aromatic carbocycles. The molecule has 2 heterocycles. The van der Waals surface area contributed by atoms with Gasteiger partial charge in [-0.25, -0.2) is 0 Å². The van der Waals surface area contributed by atoms with E-state index in [4.69, 9.17) is 4.74 Å². The number of hydrogen-bond acceptors (Lipinski definition) is 3. The van der Waals surface area contributed by atoms with E-state index in [0.717, 1.165) is 25.2 Å². The van der Waals surface area contributed by atoms with E-state index in [-0.39, 0.29) is 0 Å². The first-order chi connectivity index (χ1) is 7.43. The maximum atomic E-state index is 5.83. The van der Waals surface area contributed by atoms with Gasteiger partial charge in [-0.2, -0.15) is 0 Å². The van der Waals surface area contributed by atoms with Crippen LogP contribution in [0.5, 0.6) is 0 Å². The van der Waals surface area contributed by atoms with Crippen molar-refractivity contribution < 1.29 is 4.74 Å². The Hall–Kier alpha value is -0.120. The fourth-order valence-electron chi connectivity index (χ4n) is 3.43. The van der Waals surface area contributed by atoms with E-state index in [0.29, 0.717) is 6.10 Å². The number of rotatable bonds is 2. The highest BCUT2D eigenvalue weighted by molar-refractivity contribution is 4.91. The number of fused-ring (bicyclic) bond motifs is 1. The predicted octanol–water partition coefficient (Wildman–Crippen LogP) is 0.992. The largest absolute Gasteiger partial charge is 0.375 e. The van der Waals surface area contributed by atoms with Crippen molar-refractivity contribution in [3.05, 3.63) is 0 Å². The second-order valence-corrected chi connectivity index (χ2v) is 5.20. The van der Waals surface area contributed by atoms with E-state index in [2.05, 4.69) is 10.2 Å². The Bertz CT molecular complexity index is 216. The molecule has 3 fully saturated rings. The molecule has 3 aliphatic rings. The molecule has 3 heteroatoms. The van der Waals surface area contributed by atoms with E-state index in [9.17, 15) is 0 Å². The summed E-state index contributed by atoms with van der Waals surface area (Å²) in [4.78, 5) is 2.68. The molecule has 1 N–H and O–H groups in total. The van der Waals surface area contributed by atoms with Gasteiger partial charge in [-0.05, 0) is 38.6 Å². The predicted molar refractivity (Wildman–Crippen MR) is 60.0 cm³/mol. The summed E-state index contributed by atoms with van der Waals surface area (Å²) in [6, 6.07) is 1.49. The van der Waals surface area contributed by atoms with Crippen LogP contribution in [0.4, 0.5) is 0 Å². The fraction of sp³-hybridized carbons (Fsp3) is 1.00. The number of nitrogens with zero attached hydrogens (tertiary/aromatic N) is 1. The van der Waals surface area contributed by atoms with E-state index >= 15 is 0 Å². The smallest absolute Gasteiger partial charge is 0.0730 e. The van der Waals surface area contributed by atoms with Crippen LogP contribution in [-0.2, 0) is 4.74 Å². The zero-order valence-corrected chi connectivity index (χ0v) is 9.45. The van der Waals surface area contributed by atoms with Crippen molar-refractivity contribution in [3.63, 3.8) is 0 Å². The molecular weight excluding hydrogens is 188 g/mol. The monoisotopic (exact) mass is 210 g/mol. The first-order valence-corrected chi connectivity index (χ1v) is 6.52. The van der Waals surface area contributed by atoms with Crippen LogP contribution in [0.3, 0.4) is 0 Å². The highest BCUT2D eigenvalue weighted by atomic mass is 16.5. The van der Waals surface area contributed by atoms with Crippen LogP contribution in [0.1, 0.15) is 32.1 Å². The number of hydrogen-bond donors (Lipinski definition) is 1. The highest BCUT2D eigenvalue weighted by Gasteiger charge is 2.36. The van der Waals surface area contributed by atoms with E-state index in [1.807, 2.05) is 0 Å². The lowest BCUT2D eigenvalue weighted by molar-refractivity contribution is -0.0576. The van der Waals surface area contributed by atoms with Gasteiger partial charge in [0.05, 0.1) is 12.7 Å². The van der Waals surface area contributed by atoms with Crippen molar-refractivity contribution in [3.8, 4) is 0 Å². The third-order valence-corrected chi connectivity index (χ3v) is 4.21. The lowest BCUT2D eigenvalue weighted by Gasteiger charge is -2.39. The number of ether oxygens (including phenoxy) is 1. The Morgan fingerprint density at radius 3 is 3.07 bits per heavy atom. The maximum Gasteiger partial charge on any atom is 0.0730 e. The molecule has 0 aromatic heterocycles. The van der Waals surface area contributed by atoms with Gasteiger partial charge in [0.15, 0.2) is 0 Å². The first-order valence-electron chi connectivity index (χ1n) is 6.52. The Kier molecular flexibility index (Phi) is 2.95. The molecule has 3 rings (SSSR count). The molecule has 0 amide bonds. The minimum Gasteiger partial charge on any atom is -0.375 e. The lowest BCUT2D eigenvalue weighted by atomic mass is 10.1. The zero-order valence-electron chi connectivity index (χ0n) is 9.45. The minimum atomic E-state index is 0.556. The lowest BCUT2D eigenvalue weighted by Crippen LogP contribution is -2.52. The van der Waals surface area contributed by atoms with Gasteiger partial charge in [0.25, 0.3) is 0 Å². The standard InChI is InChI=1S/C12H22N2O/c1-4-11-12(5-1)15-8-7-14(11)9-10-3-2-6-13-10/h10-13H,1-9H2/t10-,11?,12?/m0/s1. The fourth-order valence-corrected chi connectivity index (χ4v) is 3.43. The molecule has 1 saturated carbocycles. The summed E-state index contributed by atoms with van der Waals surface area (Å²) in [7, 11) is 0. The molecule has 2 saturated heterocycles. The molecule has 3 nitrogen and oxygen atoms in total. The summed E-state index contributed by atoms with van der Waals surface area (Å²) in [5.74, 6) is 0. The Morgan fingerprint density at radius 1 is 1.20 bits per heavy atom. The summed E-state index contributed by atoms with van der Waals surface area (Å²) in [5.41, 5.74) is 0. The summed E-state index contributed by atoms with van der Waals surface area (Å²) in [6.45, 7) is 4.58. The van der Waals surface area contributed by atoms with Gasteiger partial charge in [-0.15, -0.1) is 0 Å². The van der Waals surface area contributed by atoms with Crippen LogP contribution < -0.4 is 5.32 Å². The molecule has 2 unspecified atom stereocenters. The van der Waals surface area contributed by atoms with Gasteiger partial charge in [0.1, 0.15) is 0 Å². The summed E-state index contributed by atoms with van der Waals surface area (Å²) >= 11 is 0. The summed E-state index contributed by atoms with van der Waals surface area (Å²) in [5, 5.41) is 3.60. The molecule has 86 valence electrons. The summed E-state index contributed by atoms with van der Waals surface area (Å²) in [6.07, 6.45) is 7.30. The van der Waals surface area contributed by atoms with Crippen molar-refractivity contribution in [1.82, 2.24) is 10.2 Å². The molecule has 3 atom stereocenters. The molecule has 1 aliphatic carbocycles. The van der Waals surface area contributed by atoms with Gasteiger partial charge in [-0.1, -0.05) is 0 Å². The topological polar surface area (TPSA) is 24.5 Å². The van der Waals surface area contributed by atoms with E-state index < -0.39 is 0 Å². The third kappa shape index (κ3) is 2.05. The molecule has 2 aliphatic heterocycles. The van der Waals surface area contributed by atoms with Gasteiger partial charge in [-0.3, -0.25) is 4.90 Å². The summed E-state index contributed by atoms with van der Waals surface area (Å²) < 4.78 is 5.83. The second kappa shape index (κ2) is 4.40. The maximum absolute atomic E-state index is 5.83. The Labute approximate surface area is 92.2 Å². The molecule has 0 aromatic rings. The van der Waals surface area contributed by atoms with E-state index in [1.165, 1.54) is 45.2 Å². The van der Waals surface area contributed by atoms with Crippen molar-refractivity contribution in [2.75, 3.05) is 26.2 Å². The average molecular weight is 210 g/mol. The molecule has 0 spiro atoms. The first kappa shape index (κ1) is 10.1. The van der Waals surface area contributed by atoms with Crippen LogP contribution in [0.25, 0.3) is 0 Å². The highest BCUT2D eigenvalue weighted by Crippen LogP contribution is 2.29. The molecule has 15 heavy (non-hydrogen) atoms. The normalized spacial score (nSPS) is 42.0. The minimum absolute atomic E-state index is 0.556. The average Bonchev–Trinajstić information content (AvgIpc) is 2.87. The molecule has 0 bridgehead atoms. The second-order valence-electron chi connectivity index (χ2n) is 5.20. The van der Waals surface area contributed by atoms with Crippen LogP contribution in [0, 0.1) is 0 Å². The number of morpholine rings is 1. The van der Waals surface area contributed by atoms with Gasteiger partial charge in [0.2, 0.25) is 0 Å². The van der Waals surface area contributed by atoms with E-state index in [1.54, 1.807) is 0 Å². The number of nitrogens with one attached hydrogen (secondary N) is 1. The van der Waals surface area contributed by atoms with Crippen LogP contribution in [0.15, 0.2) is 0 Å². The van der Waals surface area contributed by atoms with Crippen molar-refractivity contribution in [1.29, 1.82) is 0 Å². The quantitative estimate of drug-likeness (QED) is 0.735. The van der Waals surface area contributed by atoms with Crippen molar-refractivity contribution in [2.45, 2.75) is 50.3 Å². The van der Waals surface area contributed by atoms with Gasteiger partial charge >= 0.3 is 0 Å². The van der Waals surface area contributed by atoms with Crippen LogP contribution >= 0.6 is 0 Å². The molecular formula is C12H22N2O. The SMILES string of the molecule is C1CC2OCCN(C[C@@H]3CCCN3)C2C1.